The number of alkyl halides is 3. The summed E-state index contributed by atoms with van der Waals surface area (Å²) in [6, 6.07) is 1.54. The van der Waals surface area contributed by atoms with Crippen LogP contribution < -0.4 is 10.2 Å². The number of halogens is 3. The van der Waals surface area contributed by atoms with Crippen LogP contribution in [0.3, 0.4) is 0 Å². The maximum atomic E-state index is 12.7. The molecule has 1 aromatic rings. The van der Waals surface area contributed by atoms with Gasteiger partial charge in [-0.1, -0.05) is 13.3 Å². The van der Waals surface area contributed by atoms with E-state index in [1.54, 1.807) is 18.9 Å². The van der Waals surface area contributed by atoms with E-state index in [0.717, 1.165) is 12.8 Å². The van der Waals surface area contributed by atoms with E-state index < -0.39 is 12.0 Å². The Kier molecular flexibility index (Phi) is 5.38. The van der Waals surface area contributed by atoms with Crippen molar-refractivity contribution in [3.8, 4) is 0 Å². The molecule has 0 aliphatic rings. The summed E-state index contributed by atoms with van der Waals surface area (Å²) in [5.41, 5.74) is 0. The van der Waals surface area contributed by atoms with E-state index in [2.05, 4.69) is 15.3 Å². The quantitative estimate of drug-likeness (QED) is 0.866. The molecular weight excluding hydrogens is 257 g/mol. The maximum Gasteiger partial charge on any atom is 0.451 e. The second kappa shape index (κ2) is 6.58. The fourth-order valence-corrected chi connectivity index (χ4v) is 1.54. The smallest absolute Gasteiger partial charge is 0.370 e. The number of nitrogens with zero attached hydrogens (tertiary/aromatic N) is 3. The van der Waals surface area contributed by atoms with E-state index in [-0.39, 0.29) is 11.6 Å². The van der Waals surface area contributed by atoms with Crippen LogP contribution in [-0.4, -0.2) is 30.1 Å². The Morgan fingerprint density at radius 2 is 1.95 bits per heavy atom. The molecule has 0 spiro atoms. The third-order valence-electron chi connectivity index (χ3n) is 2.56. The Labute approximate surface area is 111 Å². The van der Waals surface area contributed by atoms with Crippen molar-refractivity contribution in [1.29, 1.82) is 0 Å². The molecule has 0 atom stereocenters. The first-order valence-electron chi connectivity index (χ1n) is 6.29. The molecule has 0 unspecified atom stereocenters. The third kappa shape index (κ3) is 4.57. The molecule has 19 heavy (non-hydrogen) atoms. The molecule has 0 amide bonds. The van der Waals surface area contributed by atoms with Crippen molar-refractivity contribution in [1.82, 2.24) is 9.97 Å². The highest BCUT2D eigenvalue weighted by molar-refractivity contribution is 5.49. The normalized spacial score (nSPS) is 11.5. The number of rotatable bonds is 6. The van der Waals surface area contributed by atoms with Crippen molar-refractivity contribution in [3.63, 3.8) is 0 Å². The van der Waals surface area contributed by atoms with E-state index in [0.29, 0.717) is 13.1 Å². The zero-order chi connectivity index (χ0) is 14.5. The molecule has 1 heterocycles. The molecule has 1 rings (SSSR count). The Balaban J connectivity index is 3.05. The second-order valence-corrected chi connectivity index (χ2v) is 4.24. The summed E-state index contributed by atoms with van der Waals surface area (Å²) in [4.78, 5) is 8.78. The lowest BCUT2D eigenvalue weighted by molar-refractivity contribution is -0.144. The van der Waals surface area contributed by atoms with Crippen molar-refractivity contribution >= 4 is 11.6 Å². The first kappa shape index (κ1) is 15.5. The van der Waals surface area contributed by atoms with Gasteiger partial charge in [-0.15, -0.1) is 0 Å². The van der Waals surface area contributed by atoms with Crippen LogP contribution in [0.1, 0.15) is 32.5 Å². The number of nitrogens with one attached hydrogen (secondary N) is 1. The lowest BCUT2D eigenvalue weighted by Crippen LogP contribution is -2.22. The van der Waals surface area contributed by atoms with Crippen LogP contribution in [0.15, 0.2) is 6.07 Å². The fourth-order valence-electron chi connectivity index (χ4n) is 1.54. The van der Waals surface area contributed by atoms with E-state index in [1.165, 1.54) is 6.07 Å². The highest BCUT2D eigenvalue weighted by atomic mass is 19.4. The zero-order valence-corrected chi connectivity index (χ0v) is 11.4. The predicted octanol–water partition coefficient (Wildman–Crippen LogP) is 3.16. The van der Waals surface area contributed by atoms with Crippen LogP contribution in [0.2, 0.25) is 0 Å². The molecule has 0 aromatic carbocycles. The summed E-state index contributed by atoms with van der Waals surface area (Å²) in [6.45, 7) is 5.00. The minimum atomic E-state index is -4.54. The lowest BCUT2D eigenvalue weighted by Gasteiger charge is -2.19. The molecule has 108 valence electrons. The van der Waals surface area contributed by atoms with Gasteiger partial charge in [0.25, 0.3) is 0 Å². The molecule has 0 saturated carbocycles. The highest BCUT2D eigenvalue weighted by Crippen LogP contribution is 2.29. The average molecular weight is 276 g/mol. The summed E-state index contributed by atoms with van der Waals surface area (Å²) < 4.78 is 38.2. The van der Waals surface area contributed by atoms with E-state index in [4.69, 9.17) is 0 Å². The van der Waals surface area contributed by atoms with Gasteiger partial charge in [0.2, 0.25) is 5.82 Å². The summed E-state index contributed by atoms with van der Waals surface area (Å²) in [5.74, 6) is -0.626. The Bertz CT molecular complexity index is 406. The summed E-state index contributed by atoms with van der Waals surface area (Å²) in [6.07, 6.45) is -2.66. The number of anilines is 2. The van der Waals surface area contributed by atoms with E-state index >= 15 is 0 Å². The van der Waals surface area contributed by atoms with Crippen LogP contribution in [0, 0.1) is 0 Å². The predicted molar refractivity (Wildman–Crippen MR) is 69.4 cm³/mol. The van der Waals surface area contributed by atoms with Gasteiger partial charge in [-0.3, -0.25) is 0 Å². The number of aromatic nitrogens is 2. The van der Waals surface area contributed by atoms with E-state index in [1.807, 2.05) is 6.92 Å². The van der Waals surface area contributed by atoms with E-state index in [9.17, 15) is 13.2 Å². The molecule has 4 nitrogen and oxygen atoms in total. The first-order valence-corrected chi connectivity index (χ1v) is 6.29. The Morgan fingerprint density at radius 3 is 2.47 bits per heavy atom. The zero-order valence-electron chi connectivity index (χ0n) is 11.4. The molecule has 0 aliphatic carbocycles. The molecule has 0 bridgehead atoms. The Morgan fingerprint density at radius 1 is 1.26 bits per heavy atom. The standard InChI is InChI=1S/C12H19F3N4/c1-4-6-7-19(3)10-8-9(16-5-2)17-11(18-10)12(13,14)15/h8H,4-7H2,1-3H3,(H,16,17,18). The number of hydrogen-bond acceptors (Lipinski definition) is 4. The van der Waals surface area contributed by atoms with Gasteiger partial charge in [0.05, 0.1) is 0 Å². The Hall–Kier alpha value is -1.53. The SMILES string of the molecule is CCCCN(C)c1cc(NCC)nc(C(F)(F)F)n1. The number of unbranched alkanes of at least 4 members (excludes halogenated alkanes) is 1. The fraction of sp³-hybridized carbons (Fsp3) is 0.667. The minimum absolute atomic E-state index is 0.197. The van der Waals surface area contributed by atoms with Gasteiger partial charge in [-0.05, 0) is 13.3 Å². The van der Waals surface area contributed by atoms with Crippen molar-refractivity contribution in [3.05, 3.63) is 11.9 Å². The molecule has 1 N–H and O–H groups in total. The minimum Gasteiger partial charge on any atom is -0.370 e. The largest absolute Gasteiger partial charge is 0.451 e. The first-order chi connectivity index (χ1) is 8.88. The van der Waals surface area contributed by atoms with Crippen LogP contribution in [0.5, 0.6) is 0 Å². The summed E-state index contributed by atoms with van der Waals surface area (Å²) in [7, 11) is 1.73. The molecule has 0 saturated heterocycles. The molecule has 1 aromatic heterocycles. The van der Waals surface area contributed by atoms with Gasteiger partial charge in [0.15, 0.2) is 0 Å². The van der Waals surface area contributed by atoms with Gasteiger partial charge in [-0.2, -0.15) is 13.2 Å². The second-order valence-electron chi connectivity index (χ2n) is 4.24. The highest BCUT2D eigenvalue weighted by Gasteiger charge is 2.35. The molecule has 0 fully saturated rings. The van der Waals surface area contributed by atoms with Crippen LogP contribution in [-0.2, 0) is 6.18 Å². The lowest BCUT2D eigenvalue weighted by atomic mass is 10.3. The maximum absolute atomic E-state index is 12.7. The van der Waals surface area contributed by atoms with Gasteiger partial charge >= 0.3 is 6.18 Å². The van der Waals surface area contributed by atoms with Crippen molar-refractivity contribution in [2.24, 2.45) is 0 Å². The topological polar surface area (TPSA) is 41.0 Å². The monoisotopic (exact) mass is 276 g/mol. The van der Waals surface area contributed by atoms with Crippen LogP contribution in [0.25, 0.3) is 0 Å². The van der Waals surface area contributed by atoms with Gasteiger partial charge in [-0.25, -0.2) is 9.97 Å². The van der Waals surface area contributed by atoms with Crippen LogP contribution >= 0.6 is 0 Å². The average Bonchev–Trinajstić information content (AvgIpc) is 2.35. The van der Waals surface area contributed by atoms with Gasteiger partial charge < -0.3 is 10.2 Å². The summed E-state index contributed by atoms with van der Waals surface area (Å²) in [5, 5.41) is 2.79. The number of hydrogen-bond donors (Lipinski definition) is 1. The van der Waals surface area contributed by atoms with Crippen molar-refractivity contribution in [2.75, 3.05) is 30.4 Å². The van der Waals surface area contributed by atoms with Crippen molar-refractivity contribution in [2.45, 2.75) is 32.9 Å². The molecule has 7 heteroatoms. The van der Waals surface area contributed by atoms with Crippen molar-refractivity contribution < 1.29 is 13.2 Å². The van der Waals surface area contributed by atoms with Crippen LogP contribution in [0.4, 0.5) is 24.8 Å². The molecule has 0 radical (unpaired) electrons. The summed E-state index contributed by atoms with van der Waals surface area (Å²) >= 11 is 0. The van der Waals surface area contributed by atoms with Gasteiger partial charge in [0, 0.05) is 26.2 Å². The molecule has 0 aliphatic heterocycles. The third-order valence-corrected chi connectivity index (χ3v) is 2.56. The van der Waals surface area contributed by atoms with Gasteiger partial charge in [0.1, 0.15) is 11.6 Å². The molecular formula is C12H19F3N4.